The van der Waals surface area contributed by atoms with Gasteiger partial charge in [0.2, 0.25) is 0 Å². The molecule has 2 amide bonds. The maximum absolute atomic E-state index is 13.2. The van der Waals surface area contributed by atoms with Gasteiger partial charge in [0.1, 0.15) is 5.70 Å². The number of likely N-dealkylation sites (tertiary alicyclic amines) is 1. The van der Waals surface area contributed by atoms with Crippen LogP contribution in [0.2, 0.25) is 0 Å². The van der Waals surface area contributed by atoms with Crippen molar-refractivity contribution in [3.63, 3.8) is 0 Å². The van der Waals surface area contributed by atoms with Crippen LogP contribution in [-0.2, 0) is 9.59 Å². The Hall–Kier alpha value is -1.62. The predicted octanol–water partition coefficient (Wildman–Crippen LogP) is 4.92. The first-order valence-electron chi connectivity index (χ1n) is 10.5. The van der Waals surface area contributed by atoms with Crippen LogP contribution >= 0.6 is 11.3 Å². The fraction of sp³-hybridized carbons (Fsp3) is 0.636. The molecule has 3 rings (SSSR count). The zero-order valence-electron chi connectivity index (χ0n) is 16.7. The smallest absolute Gasteiger partial charge is 0.277 e. The number of carbonyl (C=O) groups excluding carboxylic acids is 2. The summed E-state index contributed by atoms with van der Waals surface area (Å²) >= 11 is 1.55. The Morgan fingerprint density at radius 1 is 1.04 bits per heavy atom. The number of carbonyl (C=O) groups is 2. The van der Waals surface area contributed by atoms with Crippen LogP contribution in [0.15, 0.2) is 23.2 Å². The van der Waals surface area contributed by atoms with Gasteiger partial charge in [-0.2, -0.15) is 0 Å². The highest BCUT2D eigenvalue weighted by Crippen LogP contribution is 2.35. The maximum atomic E-state index is 13.2. The molecule has 2 aliphatic heterocycles. The van der Waals surface area contributed by atoms with E-state index in [0.717, 1.165) is 43.6 Å². The molecule has 148 valence electrons. The largest absolute Gasteiger partial charge is 0.366 e. The van der Waals surface area contributed by atoms with Gasteiger partial charge in [-0.3, -0.25) is 14.5 Å². The van der Waals surface area contributed by atoms with E-state index in [1.807, 2.05) is 17.5 Å². The van der Waals surface area contributed by atoms with Gasteiger partial charge in [0.25, 0.3) is 11.8 Å². The lowest BCUT2D eigenvalue weighted by atomic mass is 9.98. The zero-order valence-corrected chi connectivity index (χ0v) is 17.5. The number of rotatable bonds is 9. The van der Waals surface area contributed by atoms with E-state index < -0.39 is 0 Å². The van der Waals surface area contributed by atoms with Crippen molar-refractivity contribution in [2.24, 2.45) is 5.92 Å². The molecule has 1 aromatic rings. The number of hydrogen-bond acceptors (Lipinski definition) is 4. The van der Waals surface area contributed by atoms with Gasteiger partial charge in [-0.25, -0.2) is 0 Å². The average Bonchev–Trinajstić information content (AvgIpc) is 3.27. The minimum atomic E-state index is -0.0929. The number of amides is 2. The highest BCUT2D eigenvalue weighted by molar-refractivity contribution is 7.11. The highest BCUT2D eigenvalue weighted by atomic mass is 32.1. The van der Waals surface area contributed by atoms with Crippen LogP contribution in [0.25, 0.3) is 5.57 Å². The van der Waals surface area contributed by atoms with Gasteiger partial charge in [-0.15, -0.1) is 11.3 Å². The third-order valence-electron chi connectivity index (χ3n) is 5.75. The normalized spacial score (nSPS) is 18.9. The topological polar surface area (TPSA) is 40.6 Å². The summed E-state index contributed by atoms with van der Waals surface area (Å²) in [6, 6.07) is 3.92. The minimum Gasteiger partial charge on any atom is -0.366 e. The Balaban J connectivity index is 1.72. The summed E-state index contributed by atoms with van der Waals surface area (Å²) in [5.41, 5.74) is 1.29. The van der Waals surface area contributed by atoms with Gasteiger partial charge in [0.15, 0.2) is 0 Å². The number of unbranched alkanes of at least 4 members (excludes halogenated alkanes) is 5. The Morgan fingerprint density at radius 2 is 1.74 bits per heavy atom. The van der Waals surface area contributed by atoms with Crippen molar-refractivity contribution in [2.45, 2.75) is 65.2 Å². The molecule has 0 saturated carbocycles. The highest BCUT2D eigenvalue weighted by Gasteiger charge is 2.42. The van der Waals surface area contributed by atoms with Crippen molar-refractivity contribution in [1.29, 1.82) is 0 Å². The van der Waals surface area contributed by atoms with Gasteiger partial charge < -0.3 is 4.90 Å². The second-order valence-corrected chi connectivity index (χ2v) is 8.85. The number of piperidine rings is 1. The average molecular weight is 389 g/mol. The third-order valence-corrected chi connectivity index (χ3v) is 6.63. The second-order valence-electron chi connectivity index (χ2n) is 7.90. The summed E-state index contributed by atoms with van der Waals surface area (Å²) < 4.78 is 0. The van der Waals surface area contributed by atoms with Crippen LogP contribution in [0.4, 0.5) is 0 Å². The first-order chi connectivity index (χ1) is 13.1. The summed E-state index contributed by atoms with van der Waals surface area (Å²) in [4.78, 5) is 30.9. The molecule has 0 atom stereocenters. The molecule has 5 heteroatoms. The summed E-state index contributed by atoms with van der Waals surface area (Å²) in [5, 5.41) is 1.98. The van der Waals surface area contributed by atoms with Crippen molar-refractivity contribution in [3.05, 3.63) is 28.1 Å². The Labute approximate surface area is 167 Å². The predicted molar refractivity (Wildman–Crippen MR) is 111 cm³/mol. The quantitative estimate of drug-likeness (QED) is 0.445. The lowest BCUT2D eigenvalue weighted by Gasteiger charge is -2.32. The van der Waals surface area contributed by atoms with Crippen molar-refractivity contribution >= 4 is 28.7 Å². The number of imide groups is 1. The van der Waals surface area contributed by atoms with E-state index in [1.54, 1.807) is 11.3 Å². The summed E-state index contributed by atoms with van der Waals surface area (Å²) in [5.74, 6) is 0.523. The number of thiophene rings is 1. The Bertz CT molecular complexity index is 672. The molecule has 27 heavy (non-hydrogen) atoms. The monoisotopic (exact) mass is 388 g/mol. The van der Waals surface area contributed by atoms with Crippen molar-refractivity contribution in [2.75, 3.05) is 19.6 Å². The standard InChI is InChI=1S/C22H32N2O2S/c1-3-4-5-6-7-8-13-24-21(25)19(18-10-9-16-27-18)20(22(24)26)23-14-11-17(2)12-15-23/h9-10,16-17H,3-8,11-15H2,1-2H3. The van der Waals surface area contributed by atoms with Crippen LogP contribution < -0.4 is 0 Å². The molecule has 2 aliphatic rings. The molecule has 0 radical (unpaired) electrons. The van der Waals surface area contributed by atoms with Gasteiger partial charge in [-0.05, 0) is 36.6 Å². The molecule has 0 aromatic carbocycles. The minimum absolute atomic E-state index is 0.0773. The molecular weight excluding hydrogens is 356 g/mol. The molecule has 4 nitrogen and oxygen atoms in total. The fourth-order valence-corrected chi connectivity index (χ4v) is 4.75. The molecule has 1 saturated heterocycles. The van der Waals surface area contributed by atoms with E-state index in [1.165, 1.54) is 30.6 Å². The van der Waals surface area contributed by atoms with Crippen LogP contribution in [0.3, 0.4) is 0 Å². The first kappa shape index (κ1) is 20.1. The van der Waals surface area contributed by atoms with E-state index >= 15 is 0 Å². The van der Waals surface area contributed by atoms with Crippen LogP contribution in [0.1, 0.15) is 70.1 Å². The van der Waals surface area contributed by atoms with Crippen LogP contribution in [0, 0.1) is 5.92 Å². The second kappa shape index (κ2) is 9.54. The van der Waals surface area contributed by atoms with E-state index in [2.05, 4.69) is 18.7 Å². The van der Waals surface area contributed by atoms with E-state index in [-0.39, 0.29) is 11.8 Å². The molecule has 1 aromatic heterocycles. The third kappa shape index (κ3) is 4.63. The SMILES string of the molecule is CCCCCCCCN1C(=O)C(c2cccs2)=C(N2CCC(C)CC2)C1=O. The molecule has 0 N–H and O–H groups in total. The summed E-state index contributed by atoms with van der Waals surface area (Å²) in [6.07, 6.45) is 9.09. The summed E-state index contributed by atoms with van der Waals surface area (Å²) in [6.45, 7) is 6.76. The van der Waals surface area contributed by atoms with Crippen LogP contribution in [-0.4, -0.2) is 41.2 Å². The lowest BCUT2D eigenvalue weighted by molar-refractivity contribution is -0.137. The van der Waals surface area contributed by atoms with Gasteiger partial charge >= 0.3 is 0 Å². The maximum Gasteiger partial charge on any atom is 0.277 e. The Morgan fingerprint density at radius 3 is 2.41 bits per heavy atom. The molecule has 0 spiro atoms. The van der Waals surface area contributed by atoms with Gasteiger partial charge in [0, 0.05) is 24.5 Å². The first-order valence-corrected chi connectivity index (χ1v) is 11.4. The molecular formula is C22H32N2O2S. The lowest BCUT2D eigenvalue weighted by Crippen LogP contribution is -2.38. The van der Waals surface area contributed by atoms with Crippen molar-refractivity contribution in [1.82, 2.24) is 9.80 Å². The van der Waals surface area contributed by atoms with E-state index in [0.29, 0.717) is 23.7 Å². The number of nitrogens with zero attached hydrogens (tertiary/aromatic N) is 2. The zero-order chi connectivity index (χ0) is 19.2. The van der Waals surface area contributed by atoms with Crippen LogP contribution in [0.5, 0.6) is 0 Å². The van der Waals surface area contributed by atoms with Gasteiger partial charge in [0.05, 0.1) is 5.57 Å². The molecule has 0 bridgehead atoms. The molecule has 0 unspecified atom stereocenters. The Kier molecular flexibility index (Phi) is 7.11. The molecule has 0 aliphatic carbocycles. The van der Waals surface area contributed by atoms with E-state index in [9.17, 15) is 9.59 Å². The summed E-state index contributed by atoms with van der Waals surface area (Å²) in [7, 11) is 0. The van der Waals surface area contributed by atoms with Crippen molar-refractivity contribution in [3.8, 4) is 0 Å². The van der Waals surface area contributed by atoms with Gasteiger partial charge in [-0.1, -0.05) is 52.0 Å². The van der Waals surface area contributed by atoms with Crippen molar-refractivity contribution < 1.29 is 9.59 Å². The number of hydrogen-bond donors (Lipinski definition) is 0. The molecule has 3 heterocycles. The molecule has 1 fully saturated rings. The van der Waals surface area contributed by atoms with E-state index in [4.69, 9.17) is 0 Å². The fourth-order valence-electron chi connectivity index (χ4n) is 3.99.